The number of fused-ring (bicyclic) bond motifs is 1. The van der Waals surface area contributed by atoms with Crippen LogP contribution in [0.15, 0.2) is 18.5 Å². The molecule has 2 heterocycles. The zero-order chi connectivity index (χ0) is 20.8. The van der Waals surface area contributed by atoms with Crippen molar-refractivity contribution in [1.82, 2.24) is 14.8 Å². The molecule has 4 rings (SSSR count). The number of aromatic nitrogens is 1. The van der Waals surface area contributed by atoms with E-state index in [0.717, 1.165) is 38.1 Å². The lowest BCUT2D eigenvalue weighted by Crippen LogP contribution is -2.50. The minimum absolute atomic E-state index is 0.00271. The van der Waals surface area contributed by atoms with E-state index in [1.807, 2.05) is 23.4 Å². The van der Waals surface area contributed by atoms with Gasteiger partial charge in [0.05, 0.1) is 17.7 Å². The fourth-order valence-corrected chi connectivity index (χ4v) is 4.84. The molecule has 0 bridgehead atoms. The van der Waals surface area contributed by atoms with Crippen LogP contribution in [0, 0.1) is 17.8 Å². The summed E-state index contributed by atoms with van der Waals surface area (Å²) in [5.41, 5.74) is 0.730. The number of nitrogens with one attached hydrogen (secondary N) is 1. The summed E-state index contributed by atoms with van der Waals surface area (Å²) in [5.74, 6) is 1.72. The minimum Gasteiger partial charge on any atom is -0.376 e. The van der Waals surface area contributed by atoms with E-state index < -0.39 is 0 Å². The predicted octanol–water partition coefficient (Wildman–Crippen LogP) is 3.03. The summed E-state index contributed by atoms with van der Waals surface area (Å²) in [5, 5.41) is 3.11. The third-order valence-electron chi connectivity index (χ3n) is 6.75. The maximum Gasteiger partial charge on any atom is 0.255 e. The molecule has 2 amide bonds. The van der Waals surface area contributed by atoms with E-state index in [-0.39, 0.29) is 29.5 Å². The predicted molar refractivity (Wildman–Crippen MR) is 112 cm³/mol. The van der Waals surface area contributed by atoms with Crippen molar-refractivity contribution in [2.75, 3.05) is 19.7 Å². The fraction of sp³-hybridized carbons (Fsp3) is 0.739. The summed E-state index contributed by atoms with van der Waals surface area (Å²) >= 11 is 0. The molecule has 0 unspecified atom stereocenters. The highest BCUT2D eigenvalue weighted by Gasteiger charge is 2.44. The average Bonchev–Trinajstić information content (AvgIpc) is 3.15. The molecule has 6 nitrogen and oxygen atoms in total. The largest absolute Gasteiger partial charge is 0.376 e. The average molecular weight is 402 g/mol. The highest BCUT2D eigenvalue weighted by molar-refractivity contribution is 5.94. The number of nitrogens with zero attached hydrogens (tertiary/aromatic N) is 2. The van der Waals surface area contributed by atoms with Crippen LogP contribution in [0.25, 0.3) is 0 Å². The second-order valence-corrected chi connectivity index (χ2v) is 10.3. The molecule has 1 aliphatic heterocycles. The Morgan fingerprint density at radius 2 is 1.86 bits per heavy atom. The standard InChI is InChI=1S/C23H35N3O3/c1-15(27)24-20-9-18-11-25(12-19(18)10-21(20)29-14-16-5-6-16)22(28)17-7-8-26(13-17)23(2,3)4/h7-8,13,16,18-21H,5-6,9-12,14H2,1-4H3,(H,24,27)/t18-,19+,20-,21-/m1/s1. The van der Waals surface area contributed by atoms with Crippen LogP contribution in [0.5, 0.6) is 0 Å². The molecule has 0 aromatic carbocycles. The minimum atomic E-state index is -0.0325. The molecule has 4 atom stereocenters. The van der Waals surface area contributed by atoms with E-state index in [0.29, 0.717) is 17.8 Å². The van der Waals surface area contributed by atoms with E-state index in [4.69, 9.17) is 4.74 Å². The van der Waals surface area contributed by atoms with Gasteiger partial charge in [-0.2, -0.15) is 0 Å². The zero-order valence-corrected chi connectivity index (χ0v) is 18.2. The summed E-state index contributed by atoms with van der Waals surface area (Å²) in [4.78, 5) is 26.8. The number of rotatable bonds is 5. The molecule has 3 aliphatic rings. The Morgan fingerprint density at radius 3 is 2.45 bits per heavy atom. The van der Waals surface area contributed by atoms with Crippen molar-refractivity contribution >= 4 is 11.8 Å². The lowest BCUT2D eigenvalue weighted by atomic mass is 9.77. The van der Waals surface area contributed by atoms with E-state index in [1.54, 1.807) is 6.92 Å². The highest BCUT2D eigenvalue weighted by Crippen LogP contribution is 2.39. The Bertz CT molecular complexity index is 762. The molecule has 6 heteroatoms. The molecule has 0 radical (unpaired) electrons. The summed E-state index contributed by atoms with van der Waals surface area (Å²) in [6, 6.07) is 1.99. The van der Waals surface area contributed by atoms with Crippen LogP contribution in [-0.4, -0.2) is 53.1 Å². The van der Waals surface area contributed by atoms with Gasteiger partial charge in [-0.3, -0.25) is 9.59 Å². The Kier molecular flexibility index (Phi) is 5.49. The highest BCUT2D eigenvalue weighted by atomic mass is 16.5. The van der Waals surface area contributed by atoms with Crippen molar-refractivity contribution in [2.24, 2.45) is 17.8 Å². The van der Waals surface area contributed by atoms with E-state index in [1.165, 1.54) is 12.8 Å². The van der Waals surface area contributed by atoms with Gasteiger partial charge in [0.25, 0.3) is 5.91 Å². The molecular weight excluding hydrogens is 366 g/mol. The monoisotopic (exact) mass is 401 g/mol. The molecule has 1 aromatic rings. The molecule has 2 saturated carbocycles. The number of hydrogen-bond acceptors (Lipinski definition) is 3. The smallest absolute Gasteiger partial charge is 0.255 e. The van der Waals surface area contributed by atoms with E-state index in [9.17, 15) is 9.59 Å². The Labute approximate surface area is 174 Å². The van der Waals surface area contributed by atoms with Crippen LogP contribution >= 0.6 is 0 Å². The lowest BCUT2D eigenvalue weighted by molar-refractivity contribution is -0.122. The zero-order valence-electron chi connectivity index (χ0n) is 18.2. The van der Waals surface area contributed by atoms with Gasteiger partial charge in [-0.25, -0.2) is 0 Å². The summed E-state index contributed by atoms with van der Waals surface area (Å²) < 4.78 is 8.32. The number of carbonyl (C=O) groups is 2. The van der Waals surface area contributed by atoms with Crippen LogP contribution in [0.1, 0.15) is 63.7 Å². The Morgan fingerprint density at radius 1 is 1.17 bits per heavy atom. The normalized spacial score (nSPS) is 29.6. The van der Waals surface area contributed by atoms with Gasteiger partial charge < -0.3 is 19.5 Å². The molecule has 29 heavy (non-hydrogen) atoms. The first-order valence-corrected chi connectivity index (χ1v) is 11.1. The number of amides is 2. The Balaban J connectivity index is 1.41. The molecule has 1 aromatic heterocycles. The first-order chi connectivity index (χ1) is 13.7. The first kappa shape index (κ1) is 20.5. The van der Waals surface area contributed by atoms with Crippen molar-refractivity contribution < 1.29 is 14.3 Å². The van der Waals surface area contributed by atoms with Crippen molar-refractivity contribution in [3.63, 3.8) is 0 Å². The van der Waals surface area contributed by atoms with Crippen molar-refractivity contribution in [1.29, 1.82) is 0 Å². The Hall–Kier alpha value is -1.82. The molecule has 0 spiro atoms. The number of likely N-dealkylation sites (tertiary alicyclic amines) is 1. The van der Waals surface area contributed by atoms with E-state index >= 15 is 0 Å². The van der Waals surface area contributed by atoms with Gasteiger partial charge in [-0.15, -0.1) is 0 Å². The second-order valence-electron chi connectivity index (χ2n) is 10.3. The van der Waals surface area contributed by atoms with Gasteiger partial charge in [-0.1, -0.05) is 0 Å². The van der Waals surface area contributed by atoms with Gasteiger partial charge in [0.15, 0.2) is 0 Å². The molecule has 1 saturated heterocycles. The van der Waals surface area contributed by atoms with Crippen LogP contribution < -0.4 is 5.32 Å². The maximum absolute atomic E-state index is 13.1. The van der Waals surface area contributed by atoms with Gasteiger partial charge in [0.2, 0.25) is 5.91 Å². The molecule has 1 N–H and O–H groups in total. The molecule has 3 fully saturated rings. The second kappa shape index (κ2) is 7.78. The van der Waals surface area contributed by atoms with Crippen molar-refractivity contribution in [3.05, 3.63) is 24.0 Å². The van der Waals surface area contributed by atoms with Crippen LogP contribution in [0.3, 0.4) is 0 Å². The summed E-state index contributed by atoms with van der Waals surface area (Å²) in [7, 11) is 0. The van der Waals surface area contributed by atoms with Gasteiger partial charge in [0, 0.05) is 44.6 Å². The van der Waals surface area contributed by atoms with Crippen molar-refractivity contribution in [3.8, 4) is 0 Å². The third-order valence-corrected chi connectivity index (χ3v) is 6.75. The molecular formula is C23H35N3O3. The maximum atomic E-state index is 13.1. The fourth-order valence-electron chi connectivity index (χ4n) is 4.84. The first-order valence-electron chi connectivity index (χ1n) is 11.1. The number of ether oxygens (including phenoxy) is 1. The number of carbonyl (C=O) groups excluding carboxylic acids is 2. The molecule has 160 valence electrons. The molecule has 2 aliphatic carbocycles. The lowest BCUT2D eigenvalue weighted by Gasteiger charge is -2.38. The van der Waals surface area contributed by atoms with E-state index in [2.05, 4.69) is 30.7 Å². The topological polar surface area (TPSA) is 63.6 Å². The van der Waals surface area contributed by atoms with Crippen LogP contribution in [0.2, 0.25) is 0 Å². The summed E-state index contributed by atoms with van der Waals surface area (Å²) in [6.07, 6.45) is 8.37. The van der Waals surface area contributed by atoms with Gasteiger partial charge in [0.1, 0.15) is 0 Å². The van der Waals surface area contributed by atoms with Crippen LogP contribution in [0.4, 0.5) is 0 Å². The SMILES string of the molecule is CC(=O)N[C@@H]1C[C@@H]2CN(C(=O)c3ccn(C(C)(C)C)c3)C[C@@H]2C[C@H]1OCC1CC1. The van der Waals surface area contributed by atoms with Gasteiger partial charge >= 0.3 is 0 Å². The van der Waals surface area contributed by atoms with Crippen molar-refractivity contribution in [2.45, 2.75) is 71.1 Å². The van der Waals surface area contributed by atoms with Gasteiger partial charge in [-0.05, 0) is 70.3 Å². The number of hydrogen-bond donors (Lipinski definition) is 1. The van der Waals surface area contributed by atoms with Crippen LogP contribution in [-0.2, 0) is 15.1 Å². The summed E-state index contributed by atoms with van der Waals surface area (Å²) in [6.45, 7) is 10.4. The quantitative estimate of drug-likeness (QED) is 0.825. The third kappa shape index (κ3) is 4.68.